The monoisotopic (exact) mass is 342 g/mol. The Bertz CT molecular complexity index is 481. The highest BCUT2D eigenvalue weighted by Gasteiger charge is 2.33. The summed E-state index contributed by atoms with van der Waals surface area (Å²) in [5, 5.41) is 15.8. The van der Waals surface area contributed by atoms with Crippen molar-refractivity contribution >= 4 is 27.5 Å². The first-order chi connectivity index (χ1) is 9.61. The van der Waals surface area contributed by atoms with Crippen LogP contribution >= 0.6 is 15.9 Å². The van der Waals surface area contributed by atoms with Crippen LogP contribution in [0.5, 0.6) is 5.75 Å². The molecule has 2 atom stereocenters. The zero-order chi connectivity index (χ0) is 14.5. The molecule has 6 heteroatoms. The maximum absolute atomic E-state index is 12.3. The van der Waals surface area contributed by atoms with Gasteiger partial charge in [-0.05, 0) is 31.2 Å². The number of anilines is 1. The van der Waals surface area contributed by atoms with E-state index in [4.69, 9.17) is 4.74 Å². The van der Waals surface area contributed by atoms with E-state index >= 15 is 0 Å². The number of rotatable bonds is 5. The van der Waals surface area contributed by atoms with Crippen LogP contribution in [0.4, 0.5) is 5.69 Å². The number of ether oxygens (including phenoxy) is 1. The molecule has 1 aliphatic rings. The van der Waals surface area contributed by atoms with Crippen LogP contribution in [0.2, 0.25) is 0 Å². The molecule has 0 aliphatic carbocycles. The molecule has 1 amide bonds. The van der Waals surface area contributed by atoms with Crippen molar-refractivity contribution in [2.24, 2.45) is 5.92 Å². The second-order valence-electron chi connectivity index (χ2n) is 4.86. The first-order valence-corrected chi connectivity index (χ1v) is 7.51. The molecule has 1 aromatic carbocycles. The lowest BCUT2D eigenvalue weighted by atomic mass is 10.0. The second kappa shape index (κ2) is 7.06. The highest BCUT2D eigenvalue weighted by Crippen LogP contribution is 2.28. The number of carbonyl (C=O) groups excluding carboxylic acids is 1. The number of phenols is 1. The third-order valence-electron chi connectivity index (χ3n) is 3.29. The Morgan fingerprint density at radius 2 is 2.30 bits per heavy atom. The van der Waals surface area contributed by atoms with E-state index in [0.717, 1.165) is 17.4 Å². The molecule has 1 heterocycles. The van der Waals surface area contributed by atoms with Crippen molar-refractivity contribution in [2.75, 3.05) is 25.1 Å². The summed E-state index contributed by atoms with van der Waals surface area (Å²) in [4.78, 5) is 12.3. The van der Waals surface area contributed by atoms with Gasteiger partial charge in [0, 0.05) is 10.5 Å². The SMILES string of the molecule is CCCNC1COCC1C(=O)Nc1cc(Br)ccc1O. The van der Waals surface area contributed by atoms with Crippen molar-refractivity contribution < 1.29 is 14.6 Å². The zero-order valence-corrected chi connectivity index (χ0v) is 12.9. The van der Waals surface area contributed by atoms with Gasteiger partial charge < -0.3 is 20.5 Å². The summed E-state index contributed by atoms with van der Waals surface area (Å²) >= 11 is 3.32. The molecule has 1 fully saturated rings. The van der Waals surface area contributed by atoms with Crippen molar-refractivity contribution in [1.29, 1.82) is 0 Å². The number of phenolic OH excluding ortho intramolecular Hbond substituents is 1. The molecule has 5 nitrogen and oxygen atoms in total. The molecular weight excluding hydrogens is 324 g/mol. The van der Waals surface area contributed by atoms with Gasteiger partial charge in [0.1, 0.15) is 5.75 Å². The summed E-state index contributed by atoms with van der Waals surface area (Å²) in [6, 6.07) is 4.97. The van der Waals surface area contributed by atoms with Gasteiger partial charge in [-0.2, -0.15) is 0 Å². The Kier molecular flexibility index (Phi) is 5.39. The Hall–Kier alpha value is -1.11. The fourth-order valence-electron chi connectivity index (χ4n) is 2.18. The maximum Gasteiger partial charge on any atom is 0.231 e. The predicted octanol–water partition coefficient (Wildman–Crippen LogP) is 2.11. The van der Waals surface area contributed by atoms with Gasteiger partial charge in [-0.1, -0.05) is 22.9 Å². The van der Waals surface area contributed by atoms with Gasteiger partial charge in [0.05, 0.1) is 24.8 Å². The van der Waals surface area contributed by atoms with Crippen molar-refractivity contribution in [3.8, 4) is 5.75 Å². The van der Waals surface area contributed by atoms with E-state index in [1.54, 1.807) is 12.1 Å². The Morgan fingerprint density at radius 1 is 1.50 bits per heavy atom. The van der Waals surface area contributed by atoms with E-state index in [1.165, 1.54) is 6.07 Å². The molecule has 1 aromatic rings. The number of nitrogens with one attached hydrogen (secondary N) is 2. The lowest BCUT2D eigenvalue weighted by Crippen LogP contribution is -2.41. The Labute approximate surface area is 126 Å². The van der Waals surface area contributed by atoms with Crippen LogP contribution in [-0.2, 0) is 9.53 Å². The van der Waals surface area contributed by atoms with Crippen LogP contribution in [-0.4, -0.2) is 36.8 Å². The number of benzene rings is 1. The van der Waals surface area contributed by atoms with Crippen LogP contribution in [0.15, 0.2) is 22.7 Å². The maximum atomic E-state index is 12.3. The summed E-state index contributed by atoms with van der Waals surface area (Å²) in [6.07, 6.45) is 1.01. The van der Waals surface area contributed by atoms with Crippen LogP contribution in [0.25, 0.3) is 0 Å². The van der Waals surface area contributed by atoms with E-state index in [9.17, 15) is 9.90 Å². The molecule has 2 rings (SSSR count). The normalized spacial score (nSPS) is 21.9. The average molecular weight is 343 g/mol. The van der Waals surface area contributed by atoms with E-state index in [0.29, 0.717) is 18.9 Å². The van der Waals surface area contributed by atoms with Gasteiger partial charge in [-0.15, -0.1) is 0 Å². The molecule has 0 bridgehead atoms. The quantitative estimate of drug-likeness (QED) is 0.716. The summed E-state index contributed by atoms with van der Waals surface area (Å²) in [6.45, 7) is 3.89. The highest BCUT2D eigenvalue weighted by atomic mass is 79.9. The lowest BCUT2D eigenvalue weighted by Gasteiger charge is -2.18. The van der Waals surface area contributed by atoms with Crippen LogP contribution in [0.1, 0.15) is 13.3 Å². The first-order valence-electron chi connectivity index (χ1n) is 6.72. The van der Waals surface area contributed by atoms with E-state index < -0.39 is 0 Å². The third-order valence-corrected chi connectivity index (χ3v) is 3.78. The van der Waals surface area contributed by atoms with Crippen molar-refractivity contribution in [3.05, 3.63) is 22.7 Å². The lowest BCUT2D eigenvalue weighted by molar-refractivity contribution is -0.120. The van der Waals surface area contributed by atoms with E-state index in [-0.39, 0.29) is 23.6 Å². The van der Waals surface area contributed by atoms with Gasteiger partial charge in [0.2, 0.25) is 5.91 Å². The van der Waals surface area contributed by atoms with Gasteiger partial charge in [0.25, 0.3) is 0 Å². The number of aromatic hydroxyl groups is 1. The second-order valence-corrected chi connectivity index (χ2v) is 5.77. The molecule has 20 heavy (non-hydrogen) atoms. The van der Waals surface area contributed by atoms with Crippen molar-refractivity contribution in [1.82, 2.24) is 5.32 Å². The minimum absolute atomic E-state index is 0.0317. The highest BCUT2D eigenvalue weighted by molar-refractivity contribution is 9.10. The van der Waals surface area contributed by atoms with Crippen molar-refractivity contribution in [2.45, 2.75) is 19.4 Å². The number of carbonyl (C=O) groups is 1. The predicted molar refractivity (Wildman–Crippen MR) is 80.8 cm³/mol. The van der Waals surface area contributed by atoms with Crippen LogP contribution in [0, 0.1) is 5.92 Å². The average Bonchev–Trinajstić information content (AvgIpc) is 2.89. The molecule has 110 valence electrons. The van der Waals surface area contributed by atoms with Gasteiger partial charge in [0.15, 0.2) is 0 Å². The molecule has 0 aromatic heterocycles. The zero-order valence-electron chi connectivity index (χ0n) is 11.4. The largest absolute Gasteiger partial charge is 0.506 e. The number of hydrogen-bond acceptors (Lipinski definition) is 4. The summed E-state index contributed by atoms with van der Waals surface area (Å²) in [5.74, 6) is -0.317. The van der Waals surface area contributed by atoms with Crippen LogP contribution < -0.4 is 10.6 Å². The molecule has 0 radical (unpaired) electrons. The van der Waals surface area contributed by atoms with Gasteiger partial charge in [-0.3, -0.25) is 4.79 Å². The van der Waals surface area contributed by atoms with Gasteiger partial charge in [-0.25, -0.2) is 0 Å². The Morgan fingerprint density at radius 3 is 3.05 bits per heavy atom. The molecule has 0 spiro atoms. The Balaban J connectivity index is 2.01. The van der Waals surface area contributed by atoms with E-state index in [2.05, 4.69) is 33.5 Å². The molecule has 2 unspecified atom stereocenters. The van der Waals surface area contributed by atoms with Crippen molar-refractivity contribution in [3.63, 3.8) is 0 Å². The number of amides is 1. The number of halogens is 1. The number of hydrogen-bond donors (Lipinski definition) is 3. The topological polar surface area (TPSA) is 70.6 Å². The first kappa shape index (κ1) is 15.3. The molecule has 0 saturated carbocycles. The third kappa shape index (κ3) is 3.71. The fourth-order valence-corrected chi connectivity index (χ4v) is 2.54. The molecule has 1 saturated heterocycles. The molecular formula is C14H19BrN2O3. The molecule has 3 N–H and O–H groups in total. The van der Waals surface area contributed by atoms with E-state index in [1.807, 2.05) is 0 Å². The fraction of sp³-hybridized carbons (Fsp3) is 0.500. The minimum atomic E-state index is -0.236. The standard InChI is InChI=1S/C14H19BrN2O3/c1-2-5-16-12-8-20-7-10(12)14(19)17-11-6-9(15)3-4-13(11)18/h3-4,6,10,12,16,18H,2,5,7-8H2,1H3,(H,17,19). The van der Waals surface area contributed by atoms with Crippen LogP contribution in [0.3, 0.4) is 0 Å². The summed E-state index contributed by atoms with van der Waals surface area (Å²) in [5.41, 5.74) is 0.408. The summed E-state index contributed by atoms with van der Waals surface area (Å²) in [7, 11) is 0. The van der Waals surface area contributed by atoms with Gasteiger partial charge >= 0.3 is 0 Å². The summed E-state index contributed by atoms with van der Waals surface area (Å²) < 4.78 is 6.18. The smallest absolute Gasteiger partial charge is 0.231 e. The molecule has 1 aliphatic heterocycles. The minimum Gasteiger partial charge on any atom is -0.506 e.